The maximum atomic E-state index is 13.2. The van der Waals surface area contributed by atoms with Crippen molar-refractivity contribution >= 4 is 28.0 Å². The Bertz CT molecular complexity index is 1510. The summed E-state index contributed by atoms with van der Waals surface area (Å²) in [6.45, 7) is 2.76. The first-order valence-corrected chi connectivity index (χ1v) is 12.4. The second kappa shape index (κ2) is 9.77. The van der Waals surface area contributed by atoms with Gasteiger partial charge in [0.15, 0.2) is 0 Å². The van der Waals surface area contributed by atoms with Gasteiger partial charge in [-0.05, 0) is 61.2 Å². The smallest absolute Gasteiger partial charge is 0.253 e. The van der Waals surface area contributed by atoms with Gasteiger partial charge in [0, 0.05) is 37.6 Å². The van der Waals surface area contributed by atoms with Crippen LogP contribution in [0.2, 0.25) is 0 Å². The number of nitrogens with zero attached hydrogens (tertiary/aromatic N) is 5. The van der Waals surface area contributed by atoms with E-state index in [0.29, 0.717) is 18.1 Å². The highest BCUT2D eigenvalue weighted by Crippen LogP contribution is 2.25. The molecule has 180 valence electrons. The maximum Gasteiger partial charge on any atom is 0.253 e. The number of benzene rings is 3. The van der Waals surface area contributed by atoms with E-state index in [4.69, 9.17) is 9.72 Å². The van der Waals surface area contributed by atoms with Crippen LogP contribution in [0.5, 0.6) is 5.75 Å². The average molecular weight is 478 g/mol. The summed E-state index contributed by atoms with van der Waals surface area (Å²) in [4.78, 5) is 28.6. The second-order valence-corrected chi connectivity index (χ2v) is 9.22. The molecule has 0 spiro atoms. The van der Waals surface area contributed by atoms with Crippen molar-refractivity contribution in [1.29, 1.82) is 0 Å². The molecule has 1 aliphatic heterocycles. The van der Waals surface area contributed by atoms with E-state index in [1.165, 1.54) is 0 Å². The van der Waals surface area contributed by atoms with Crippen LogP contribution in [-0.2, 0) is 13.2 Å². The summed E-state index contributed by atoms with van der Waals surface area (Å²) in [5.41, 5.74) is 4.32. The fourth-order valence-corrected chi connectivity index (χ4v) is 4.96. The molecule has 0 atom stereocenters. The number of likely N-dealkylation sites (tertiary alicyclic amines) is 1. The predicted octanol–water partition coefficient (Wildman–Crippen LogP) is 5.11. The van der Waals surface area contributed by atoms with Crippen molar-refractivity contribution in [2.75, 3.05) is 13.1 Å². The van der Waals surface area contributed by atoms with E-state index in [-0.39, 0.29) is 5.91 Å². The van der Waals surface area contributed by atoms with Crippen molar-refractivity contribution < 1.29 is 9.53 Å². The molecule has 0 unspecified atom stereocenters. The van der Waals surface area contributed by atoms with Crippen LogP contribution in [0.15, 0.2) is 85.2 Å². The molecule has 2 aromatic heterocycles. The fourth-order valence-electron chi connectivity index (χ4n) is 4.96. The molecule has 7 nitrogen and oxygen atoms in total. The third-order valence-corrected chi connectivity index (χ3v) is 6.90. The molecule has 3 aromatic carbocycles. The summed E-state index contributed by atoms with van der Waals surface area (Å²) in [6.07, 6.45) is 5.22. The Morgan fingerprint density at radius 2 is 1.61 bits per heavy atom. The second-order valence-electron chi connectivity index (χ2n) is 9.22. The van der Waals surface area contributed by atoms with E-state index >= 15 is 0 Å². The molecular weight excluding hydrogens is 450 g/mol. The standard InChI is InChI=1S/C29H27N5O2/c35-29(22-10-11-24-26(18-22)31-15-14-30-24)33-16-12-21(13-17-33)19-34-27-9-5-4-8-25(27)32-28(34)20-36-23-6-2-1-3-7-23/h1-11,14-15,18,21H,12-13,16-17,19-20H2. The highest BCUT2D eigenvalue weighted by Gasteiger charge is 2.25. The SMILES string of the molecule is O=C(c1ccc2nccnc2c1)N1CCC(Cn2c(COc3ccccc3)nc3ccccc32)CC1. The zero-order chi connectivity index (χ0) is 24.3. The van der Waals surface area contributed by atoms with E-state index in [2.05, 4.69) is 26.7 Å². The minimum Gasteiger partial charge on any atom is -0.486 e. The first kappa shape index (κ1) is 22.2. The maximum absolute atomic E-state index is 13.2. The number of carbonyl (C=O) groups is 1. The number of piperidine rings is 1. The van der Waals surface area contributed by atoms with E-state index in [1.807, 2.05) is 65.6 Å². The quantitative estimate of drug-likeness (QED) is 0.340. The molecule has 0 radical (unpaired) electrons. The van der Waals surface area contributed by atoms with Crippen LogP contribution in [0.3, 0.4) is 0 Å². The Morgan fingerprint density at radius 3 is 2.44 bits per heavy atom. The van der Waals surface area contributed by atoms with Crippen LogP contribution < -0.4 is 4.74 Å². The van der Waals surface area contributed by atoms with Crippen molar-refractivity contribution in [3.63, 3.8) is 0 Å². The monoisotopic (exact) mass is 477 g/mol. The minimum absolute atomic E-state index is 0.0611. The van der Waals surface area contributed by atoms with Gasteiger partial charge in [-0.15, -0.1) is 0 Å². The predicted molar refractivity (Wildman–Crippen MR) is 139 cm³/mol. The van der Waals surface area contributed by atoms with Crippen molar-refractivity contribution in [3.8, 4) is 5.75 Å². The number of fused-ring (bicyclic) bond motifs is 2. The van der Waals surface area contributed by atoms with Gasteiger partial charge in [-0.1, -0.05) is 30.3 Å². The topological polar surface area (TPSA) is 73.1 Å². The van der Waals surface area contributed by atoms with Crippen molar-refractivity contribution in [2.24, 2.45) is 5.92 Å². The Morgan fingerprint density at radius 1 is 0.861 bits per heavy atom. The van der Waals surface area contributed by atoms with Crippen LogP contribution in [0, 0.1) is 5.92 Å². The third-order valence-electron chi connectivity index (χ3n) is 6.90. The summed E-state index contributed by atoms with van der Waals surface area (Å²) < 4.78 is 8.33. The molecule has 1 fully saturated rings. The Kier molecular flexibility index (Phi) is 6.03. The molecule has 7 heteroatoms. The first-order chi connectivity index (χ1) is 17.7. The van der Waals surface area contributed by atoms with Gasteiger partial charge in [-0.25, -0.2) is 4.98 Å². The van der Waals surface area contributed by atoms with E-state index in [0.717, 1.165) is 66.1 Å². The van der Waals surface area contributed by atoms with Gasteiger partial charge in [0.25, 0.3) is 5.91 Å². The molecule has 5 aromatic rings. The van der Waals surface area contributed by atoms with E-state index in [9.17, 15) is 4.79 Å². The summed E-state index contributed by atoms with van der Waals surface area (Å²) >= 11 is 0. The number of rotatable bonds is 6. The van der Waals surface area contributed by atoms with Crippen molar-refractivity contribution in [3.05, 3.63) is 96.6 Å². The molecule has 1 aliphatic rings. The molecule has 0 saturated carbocycles. The Balaban J connectivity index is 1.14. The minimum atomic E-state index is 0.0611. The van der Waals surface area contributed by atoms with Crippen LogP contribution >= 0.6 is 0 Å². The molecule has 6 rings (SSSR count). The Labute approximate surface area is 209 Å². The first-order valence-electron chi connectivity index (χ1n) is 12.4. The summed E-state index contributed by atoms with van der Waals surface area (Å²) in [5, 5.41) is 0. The van der Waals surface area contributed by atoms with Gasteiger partial charge >= 0.3 is 0 Å². The van der Waals surface area contributed by atoms with Crippen LogP contribution in [0.4, 0.5) is 0 Å². The highest BCUT2D eigenvalue weighted by atomic mass is 16.5. The van der Waals surface area contributed by atoms with Crippen LogP contribution in [0.1, 0.15) is 29.0 Å². The zero-order valence-corrected chi connectivity index (χ0v) is 20.0. The number of hydrogen-bond donors (Lipinski definition) is 0. The number of aromatic nitrogens is 4. The summed E-state index contributed by atoms with van der Waals surface area (Å²) in [6, 6.07) is 23.6. The fraction of sp³-hybridized carbons (Fsp3) is 0.241. The molecule has 0 bridgehead atoms. The van der Waals surface area contributed by atoms with E-state index in [1.54, 1.807) is 12.4 Å². The molecule has 3 heterocycles. The van der Waals surface area contributed by atoms with Gasteiger partial charge in [-0.2, -0.15) is 0 Å². The lowest BCUT2D eigenvalue weighted by atomic mass is 9.96. The largest absolute Gasteiger partial charge is 0.486 e. The van der Waals surface area contributed by atoms with Crippen LogP contribution in [0.25, 0.3) is 22.1 Å². The number of ether oxygens (including phenoxy) is 1. The van der Waals surface area contributed by atoms with E-state index < -0.39 is 0 Å². The lowest BCUT2D eigenvalue weighted by Gasteiger charge is -2.32. The molecule has 0 aliphatic carbocycles. The zero-order valence-electron chi connectivity index (χ0n) is 20.0. The lowest BCUT2D eigenvalue weighted by molar-refractivity contribution is 0.0682. The number of imidazole rings is 1. The van der Waals surface area contributed by atoms with Gasteiger partial charge in [0.1, 0.15) is 18.2 Å². The average Bonchev–Trinajstić information content (AvgIpc) is 3.29. The van der Waals surface area contributed by atoms with Gasteiger partial charge in [0.05, 0.1) is 22.1 Å². The molecule has 0 N–H and O–H groups in total. The third kappa shape index (κ3) is 4.52. The summed E-state index contributed by atoms with van der Waals surface area (Å²) in [5.74, 6) is 2.29. The molecule has 1 saturated heterocycles. The number of carbonyl (C=O) groups excluding carboxylic acids is 1. The lowest BCUT2D eigenvalue weighted by Crippen LogP contribution is -2.39. The summed E-state index contributed by atoms with van der Waals surface area (Å²) in [7, 11) is 0. The van der Waals surface area contributed by atoms with Crippen LogP contribution in [-0.4, -0.2) is 43.4 Å². The normalized spacial score (nSPS) is 14.4. The number of hydrogen-bond acceptors (Lipinski definition) is 5. The molecular formula is C29H27N5O2. The molecule has 1 amide bonds. The van der Waals surface area contributed by atoms with Gasteiger partial charge < -0.3 is 14.2 Å². The number of para-hydroxylation sites is 3. The van der Waals surface area contributed by atoms with Crippen molar-refractivity contribution in [1.82, 2.24) is 24.4 Å². The van der Waals surface area contributed by atoms with Crippen molar-refractivity contribution in [2.45, 2.75) is 26.0 Å². The van der Waals surface area contributed by atoms with Gasteiger partial charge in [0.2, 0.25) is 0 Å². The Hall–Kier alpha value is -4.26. The highest BCUT2D eigenvalue weighted by molar-refractivity contribution is 5.97. The van der Waals surface area contributed by atoms with Gasteiger partial charge in [-0.3, -0.25) is 14.8 Å². The molecule has 36 heavy (non-hydrogen) atoms. The number of amides is 1.